The summed E-state index contributed by atoms with van der Waals surface area (Å²) in [5, 5.41) is 7.37. The van der Waals surface area contributed by atoms with Gasteiger partial charge in [0.1, 0.15) is 0 Å². The number of rotatable bonds is 4. The van der Waals surface area contributed by atoms with Crippen LogP contribution in [0.3, 0.4) is 0 Å². The predicted octanol–water partition coefficient (Wildman–Crippen LogP) is 1.03. The first kappa shape index (κ1) is 14.0. The molecule has 96 valence electrons. The molecule has 1 amide bonds. The summed E-state index contributed by atoms with van der Waals surface area (Å²) in [5.74, 6) is -0.143. The van der Waals surface area contributed by atoms with E-state index in [1.165, 1.54) is 0 Å². The van der Waals surface area contributed by atoms with Crippen molar-refractivity contribution in [3.05, 3.63) is 17.4 Å². The fourth-order valence-corrected chi connectivity index (χ4v) is 1.41. The average Bonchev–Trinajstić information content (AvgIpc) is 2.61. The fourth-order valence-electron chi connectivity index (χ4n) is 1.26. The van der Waals surface area contributed by atoms with Crippen LogP contribution < -0.4 is 11.1 Å². The Kier molecular flexibility index (Phi) is 4.54. The third kappa shape index (κ3) is 4.36. The van der Waals surface area contributed by atoms with Gasteiger partial charge in [-0.05, 0) is 5.41 Å². The summed E-state index contributed by atoms with van der Waals surface area (Å²) in [4.78, 5) is 11.7. The van der Waals surface area contributed by atoms with E-state index in [2.05, 4.69) is 10.4 Å². The van der Waals surface area contributed by atoms with Crippen molar-refractivity contribution in [2.24, 2.45) is 11.1 Å². The predicted molar refractivity (Wildman–Crippen MR) is 67.7 cm³/mol. The Morgan fingerprint density at radius 3 is 2.76 bits per heavy atom. The van der Waals surface area contributed by atoms with E-state index in [4.69, 9.17) is 17.3 Å². The highest BCUT2D eigenvalue weighted by Gasteiger charge is 2.26. The molecular weight excluding hydrogens is 240 g/mol. The van der Waals surface area contributed by atoms with Gasteiger partial charge in [0.05, 0.1) is 23.8 Å². The molecule has 1 heterocycles. The molecule has 0 aromatic carbocycles. The normalized spacial score (nSPS) is 13.5. The van der Waals surface area contributed by atoms with Gasteiger partial charge in [-0.1, -0.05) is 32.4 Å². The van der Waals surface area contributed by atoms with E-state index in [1.54, 1.807) is 17.1 Å². The van der Waals surface area contributed by atoms with Crippen molar-refractivity contribution in [2.75, 3.05) is 6.54 Å². The lowest BCUT2D eigenvalue weighted by Gasteiger charge is -2.25. The number of carbonyl (C=O) groups excluding carboxylic acids is 1. The van der Waals surface area contributed by atoms with Gasteiger partial charge in [-0.25, -0.2) is 0 Å². The van der Waals surface area contributed by atoms with E-state index < -0.39 is 6.04 Å². The van der Waals surface area contributed by atoms with E-state index in [0.29, 0.717) is 18.1 Å². The minimum atomic E-state index is -0.510. The number of halogens is 1. The van der Waals surface area contributed by atoms with Crippen molar-refractivity contribution in [1.82, 2.24) is 15.1 Å². The molecule has 1 aromatic heterocycles. The van der Waals surface area contributed by atoms with Crippen LogP contribution in [0.15, 0.2) is 12.4 Å². The van der Waals surface area contributed by atoms with Crippen LogP contribution in [0.25, 0.3) is 0 Å². The molecule has 1 aromatic rings. The lowest BCUT2D eigenvalue weighted by molar-refractivity contribution is -0.124. The number of hydrogen-bond acceptors (Lipinski definition) is 3. The summed E-state index contributed by atoms with van der Waals surface area (Å²) < 4.78 is 1.67. The van der Waals surface area contributed by atoms with Crippen molar-refractivity contribution < 1.29 is 4.79 Å². The second-order valence-electron chi connectivity index (χ2n) is 5.06. The molecule has 0 unspecified atom stereocenters. The van der Waals surface area contributed by atoms with Gasteiger partial charge in [0, 0.05) is 12.7 Å². The van der Waals surface area contributed by atoms with Crippen LogP contribution in [0.2, 0.25) is 5.02 Å². The summed E-state index contributed by atoms with van der Waals surface area (Å²) in [7, 11) is 0. The summed E-state index contributed by atoms with van der Waals surface area (Å²) in [5.41, 5.74) is 5.59. The molecule has 17 heavy (non-hydrogen) atoms. The minimum absolute atomic E-state index is 0.143. The van der Waals surface area contributed by atoms with Gasteiger partial charge in [-0.3, -0.25) is 9.48 Å². The number of nitrogens with two attached hydrogens (primary N) is 1. The zero-order chi connectivity index (χ0) is 13.1. The molecule has 5 nitrogen and oxygen atoms in total. The van der Waals surface area contributed by atoms with Crippen LogP contribution in [-0.4, -0.2) is 28.3 Å². The van der Waals surface area contributed by atoms with Crippen molar-refractivity contribution in [2.45, 2.75) is 33.4 Å². The first-order chi connectivity index (χ1) is 7.80. The summed E-state index contributed by atoms with van der Waals surface area (Å²) in [6, 6.07) is -0.510. The molecule has 0 aliphatic heterocycles. The molecule has 1 rings (SSSR count). The van der Waals surface area contributed by atoms with E-state index in [1.807, 2.05) is 20.8 Å². The maximum Gasteiger partial charge on any atom is 0.237 e. The van der Waals surface area contributed by atoms with Gasteiger partial charge in [-0.15, -0.1) is 0 Å². The molecule has 0 fully saturated rings. The molecule has 0 spiro atoms. The van der Waals surface area contributed by atoms with E-state index in [0.717, 1.165) is 0 Å². The van der Waals surface area contributed by atoms with Crippen LogP contribution in [0.1, 0.15) is 20.8 Å². The van der Waals surface area contributed by atoms with Gasteiger partial charge in [-0.2, -0.15) is 5.10 Å². The highest BCUT2D eigenvalue weighted by Crippen LogP contribution is 2.16. The number of aromatic nitrogens is 2. The summed E-state index contributed by atoms with van der Waals surface area (Å²) in [6.45, 7) is 6.87. The maximum absolute atomic E-state index is 11.7. The Labute approximate surface area is 106 Å². The van der Waals surface area contributed by atoms with E-state index in [-0.39, 0.29) is 11.3 Å². The van der Waals surface area contributed by atoms with E-state index in [9.17, 15) is 4.79 Å². The zero-order valence-electron chi connectivity index (χ0n) is 10.4. The van der Waals surface area contributed by atoms with Crippen LogP contribution >= 0.6 is 11.6 Å². The maximum atomic E-state index is 11.7. The minimum Gasteiger partial charge on any atom is -0.353 e. The smallest absolute Gasteiger partial charge is 0.237 e. The van der Waals surface area contributed by atoms with Crippen LogP contribution in [0.5, 0.6) is 0 Å². The highest BCUT2D eigenvalue weighted by atomic mass is 35.5. The number of hydrogen-bond donors (Lipinski definition) is 2. The van der Waals surface area contributed by atoms with Crippen molar-refractivity contribution in [3.8, 4) is 0 Å². The molecule has 3 N–H and O–H groups in total. The van der Waals surface area contributed by atoms with Gasteiger partial charge in [0.25, 0.3) is 0 Å². The van der Waals surface area contributed by atoms with Gasteiger partial charge in [0.2, 0.25) is 5.91 Å². The lowest BCUT2D eigenvalue weighted by Crippen LogP contribution is -2.49. The molecule has 1 atom stereocenters. The van der Waals surface area contributed by atoms with Crippen molar-refractivity contribution in [1.29, 1.82) is 0 Å². The number of amides is 1. The second kappa shape index (κ2) is 5.51. The van der Waals surface area contributed by atoms with Crippen molar-refractivity contribution >= 4 is 17.5 Å². The largest absolute Gasteiger partial charge is 0.353 e. The molecule has 0 aliphatic rings. The van der Waals surface area contributed by atoms with Crippen LogP contribution in [0.4, 0.5) is 0 Å². The lowest BCUT2D eigenvalue weighted by atomic mass is 9.87. The third-order valence-corrected chi connectivity index (χ3v) is 2.65. The first-order valence-corrected chi connectivity index (χ1v) is 5.90. The first-order valence-electron chi connectivity index (χ1n) is 5.52. The Hall–Kier alpha value is -1.07. The summed E-state index contributed by atoms with van der Waals surface area (Å²) in [6.07, 6.45) is 3.27. The molecule has 0 aliphatic carbocycles. The highest BCUT2D eigenvalue weighted by molar-refractivity contribution is 6.30. The average molecular weight is 259 g/mol. The van der Waals surface area contributed by atoms with Gasteiger partial charge >= 0.3 is 0 Å². The molecule has 0 saturated carbocycles. The van der Waals surface area contributed by atoms with Crippen LogP contribution in [0, 0.1) is 5.41 Å². The topological polar surface area (TPSA) is 72.9 Å². The Balaban J connectivity index is 2.34. The standard InChI is InChI=1S/C11H19ClN4O/c1-11(2,3)9(13)10(17)14-4-5-16-7-8(12)6-15-16/h6-7,9H,4-5,13H2,1-3H3,(H,14,17)/t9-/m1/s1. The molecular formula is C11H19ClN4O. The Bertz CT molecular complexity index is 383. The van der Waals surface area contributed by atoms with Crippen molar-refractivity contribution in [3.63, 3.8) is 0 Å². The second-order valence-corrected chi connectivity index (χ2v) is 5.49. The molecule has 0 radical (unpaired) electrons. The van der Waals surface area contributed by atoms with Gasteiger partial charge in [0.15, 0.2) is 0 Å². The zero-order valence-corrected chi connectivity index (χ0v) is 11.2. The van der Waals surface area contributed by atoms with Crippen LogP contribution in [-0.2, 0) is 11.3 Å². The Morgan fingerprint density at radius 2 is 2.29 bits per heavy atom. The summed E-state index contributed by atoms with van der Waals surface area (Å²) >= 11 is 5.72. The van der Waals surface area contributed by atoms with E-state index >= 15 is 0 Å². The monoisotopic (exact) mass is 258 g/mol. The molecule has 0 bridgehead atoms. The number of nitrogens with one attached hydrogen (secondary N) is 1. The fraction of sp³-hybridized carbons (Fsp3) is 0.636. The quantitative estimate of drug-likeness (QED) is 0.847. The number of nitrogens with zero attached hydrogens (tertiary/aromatic N) is 2. The molecule has 0 saturated heterocycles. The third-order valence-electron chi connectivity index (χ3n) is 2.46. The number of carbonyl (C=O) groups is 1. The van der Waals surface area contributed by atoms with Gasteiger partial charge < -0.3 is 11.1 Å². The Morgan fingerprint density at radius 1 is 1.65 bits per heavy atom. The molecule has 6 heteroatoms. The SMILES string of the molecule is CC(C)(C)[C@H](N)C(=O)NCCn1cc(Cl)cn1.